The summed E-state index contributed by atoms with van der Waals surface area (Å²) in [6.07, 6.45) is 0. The maximum Gasteiger partial charge on any atom is 0.323 e. The fourth-order valence-corrected chi connectivity index (χ4v) is 3.17. The first kappa shape index (κ1) is 18.5. The van der Waals surface area contributed by atoms with Crippen LogP contribution in [-0.2, 0) is 13.2 Å². The zero-order chi connectivity index (χ0) is 19.5. The molecule has 0 aliphatic carbocycles. The number of aromatic nitrogens is 2. The van der Waals surface area contributed by atoms with Gasteiger partial charge in [-0.25, -0.2) is 4.79 Å². The number of fused-ring (bicyclic) bond motifs is 1. The lowest BCUT2D eigenvalue weighted by atomic mass is 10.2. The highest BCUT2D eigenvalue weighted by Gasteiger charge is 2.03. The Kier molecular flexibility index (Phi) is 5.28. The van der Waals surface area contributed by atoms with Crippen molar-refractivity contribution in [2.45, 2.75) is 13.2 Å². The van der Waals surface area contributed by atoms with Crippen LogP contribution in [0.2, 0.25) is 10.0 Å². The Bertz CT molecular complexity index is 1170. The quantitative estimate of drug-likeness (QED) is 0.398. The summed E-state index contributed by atoms with van der Waals surface area (Å²) in [5.74, 6) is 0.779. The van der Waals surface area contributed by atoms with Gasteiger partial charge in [0.1, 0.15) is 12.4 Å². The fourth-order valence-electron chi connectivity index (χ4n) is 2.85. The van der Waals surface area contributed by atoms with Crippen molar-refractivity contribution in [2.75, 3.05) is 5.32 Å². The second-order valence-corrected chi connectivity index (χ2v) is 7.19. The monoisotopic (exact) mass is 413 g/mol. The minimum Gasteiger partial charge on any atom is -0.489 e. The largest absolute Gasteiger partial charge is 0.489 e. The Morgan fingerprint density at radius 2 is 1.57 bits per heavy atom. The number of H-pyrrole nitrogens is 2. The molecule has 142 valence electrons. The topological polar surface area (TPSA) is 69.9 Å². The summed E-state index contributed by atoms with van der Waals surface area (Å²) in [4.78, 5) is 16.8. The first-order valence-corrected chi connectivity index (χ1v) is 9.44. The number of rotatable bonds is 6. The summed E-state index contributed by atoms with van der Waals surface area (Å²) in [5, 5.41) is 4.40. The first-order valence-electron chi connectivity index (χ1n) is 8.68. The number of benzene rings is 3. The van der Waals surface area contributed by atoms with E-state index in [0.717, 1.165) is 33.6 Å². The lowest BCUT2D eigenvalue weighted by Crippen LogP contribution is -2.00. The highest BCUT2D eigenvalue weighted by Crippen LogP contribution is 2.23. The van der Waals surface area contributed by atoms with Gasteiger partial charge in [-0.3, -0.25) is 0 Å². The Morgan fingerprint density at radius 3 is 2.36 bits per heavy atom. The Hall–Kier alpha value is -2.89. The van der Waals surface area contributed by atoms with Crippen LogP contribution in [0.3, 0.4) is 0 Å². The lowest BCUT2D eigenvalue weighted by molar-refractivity contribution is 0.306. The maximum atomic E-state index is 11.3. The van der Waals surface area contributed by atoms with Gasteiger partial charge in [-0.2, -0.15) is 0 Å². The van der Waals surface area contributed by atoms with E-state index in [4.69, 9.17) is 27.9 Å². The summed E-state index contributed by atoms with van der Waals surface area (Å²) in [5.41, 5.74) is 4.37. The Morgan fingerprint density at radius 1 is 0.821 bits per heavy atom. The Balaban J connectivity index is 1.34. The van der Waals surface area contributed by atoms with Gasteiger partial charge in [0.2, 0.25) is 0 Å². The lowest BCUT2D eigenvalue weighted by Gasteiger charge is -2.09. The second-order valence-electron chi connectivity index (χ2n) is 6.37. The van der Waals surface area contributed by atoms with E-state index >= 15 is 0 Å². The second kappa shape index (κ2) is 8.00. The van der Waals surface area contributed by atoms with Crippen molar-refractivity contribution in [1.82, 2.24) is 9.97 Å². The number of nitrogens with one attached hydrogen (secondary N) is 3. The molecule has 3 aromatic carbocycles. The van der Waals surface area contributed by atoms with Gasteiger partial charge in [0.05, 0.1) is 21.1 Å². The number of anilines is 1. The van der Waals surface area contributed by atoms with Gasteiger partial charge in [-0.05, 0) is 53.6 Å². The van der Waals surface area contributed by atoms with E-state index in [1.807, 2.05) is 48.5 Å². The predicted octanol–water partition coefficient (Wildman–Crippen LogP) is 5.35. The smallest absolute Gasteiger partial charge is 0.323 e. The molecule has 0 aliphatic rings. The van der Waals surface area contributed by atoms with E-state index in [1.54, 1.807) is 12.1 Å². The van der Waals surface area contributed by atoms with Gasteiger partial charge < -0.3 is 20.0 Å². The zero-order valence-electron chi connectivity index (χ0n) is 14.8. The van der Waals surface area contributed by atoms with Crippen molar-refractivity contribution in [1.29, 1.82) is 0 Å². The molecule has 0 amide bonds. The maximum absolute atomic E-state index is 11.3. The predicted molar refractivity (Wildman–Crippen MR) is 113 cm³/mol. The van der Waals surface area contributed by atoms with Crippen LogP contribution < -0.4 is 15.7 Å². The zero-order valence-corrected chi connectivity index (χ0v) is 16.3. The summed E-state index contributed by atoms with van der Waals surface area (Å²) >= 11 is 11.9. The van der Waals surface area contributed by atoms with Crippen molar-refractivity contribution < 1.29 is 4.74 Å². The van der Waals surface area contributed by atoms with Crippen molar-refractivity contribution in [2.24, 2.45) is 0 Å². The molecule has 0 saturated carbocycles. The number of hydrogen-bond acceptors (Lipinski definition) is 3. The van der Waals surface area contributed by atoms with Gasteiger partial charge in [0, 0.05) is 12.2 Å². The molecule has 0 fully saturated rings. The van der Waals surface area contributed by atoms with E-state index < -0.39 is 0 Å². The molecule has 5 nitrogen and oxygen atoms in total. The third-order valence-electron chi connectivity index (χ3n) is 4.33. The van der Waals surface area contributed by atoms with Gasteiger partial charge in [0.15, 0.2) is 0 Å². The Labute approximate surface area is 171 Å². The highest BCUT2D eigenvalue weighted by molar-refractivity contribution is 6.42. The first-order chi connectivity index (χ1) is 13.6. The third-order valence-corrected chi connectivity index (χ3v) is 5.06. The summed E-state index contributed by atoms with van der Waals surface area (Å²) < 4.78 is 5.80. The average Bonchev–Trinajstić information content (AvgIpc) is 3.07. The van der Waals surface area contributed by atoms with Crippen LogP contribution in [0.4, 0.5) is 5.69 Å². The number of hydrogen-bond donors (Lipinski definition) is 3. The van der Waals surface area contributed by atoms with Gasteiger partial charge >= 0.3 is 5.69 Å². The molecule has 0 radical (unpaired) electrons. The van der Waals surface area contributed by atoms with Crippen molar-refractivity contribution >= 4 is 39.9 Å². The van der Waals surface area contributed by atoms with Gasteiger partial charge in [-0.15, -0.1) is 0 Å². The fraction of sp³-hybridized carbons (Fsp3) is 0.0952. The number of imidazole rings is 1. The molecule has 28 heavy (non-hydrogen) atoms. The normalized spacial score (nSPS) is 10.9. The summed E-state index contributed by atoms with van der Waals surface area (Å²) in [6.45, 7) is 1.08. The minimum atomic E-state index is -0.205. The van der Waals surface area contributed by atoms with E-state index in [1.165, 1.54) is 0 Å². The molecule has 0 aliphatic heterocycles. The average molecular weight is 414 g/mol. The molecule has 3 N–H and O–H groups in total. The molecule has 0 spiro atoms. The highest BCUT2D eigenvalue weighted by atomic mass is 35.5. The van der Waals surface area contributed by atoms with Crippen LogP contribution in [0, 0.1) is 0 Å². The minimum absolute atomic E-state index is 0.205. The van der Waals surface area contributed by atoms with Crippen LogP contribution in [0.25, 0.3) is 11.0 Å². The van der Waals surface area contributed by atoms with Crippen LogP contribution in [0.5, 0.6) is 5.75 Å². The van der Waals surface area contributed by atoms with Crippen molar-refractivity contribution in [3.05, 3.63) is 92.3 Å². The molecule has 4 rings (SSSR count). The molecule has 4 aromatic rings. The van der Waals surface area contributed by atoms with E-state index in [0.29, 0.717) is 23.2 Å². The molecular formula is C21H17Cl2N3O2. The van der Waals surface area contributed by atoms with Crippen molar-refractivity contribution in [3.8, 4) is 5.75 Å². The number of halogens is 2. The SMILES string of the molecule is O=c1[nH]c2ccc(NCc3ccc(OCc4ccc(Cl)c(Cl)c4)cc3)cc2[nH]1. The molecular weight excluding hydrogens is 397 g/mol. The molecule has 1 aromatic heterocycles. The van der Waals surface area contributed by atoms with E-state index in [-0.39, 0.29) is 5.69 Å². The van der Waals surface area contributed by atoms with Crippen LogP contribution in [0.15, 0.2) is 65.5 Å². The van der Waals surface area contributed by atoms with Gasteiger partial charge in [-0.1, -0.05) is 41.4 Å². The third kappa shape index (κ3) is 4.32. The molecule has 1 heterocycles. The van der Waals surface area contributed by atoms with E-state index in [9.17, 15) is 4.79 Å². The van der Waals surface area contributed by atoms with Crippen molar-refractivity contribution in [3.63, 3.8) is 0 Å². The van der Waals surface area contributed by atoms with Gasteiger partial charge in [0.25, 0.3) is 0 Å². The number of ether oxygens (including phenoxy) is 1. The molecule has 0 unspecified atom stereocenters. The summed E-state index contributed by atoms with van der Waals surface area (Å²) in [7, 11) is 0. The van der Waals surface area contributed by atoms with Crippen LogP contribution in [-0.4, -0.2) is 9.97 Å². The molecule has 7 heteroatoms. The number of aromatic amines is 2. The van der Waals surface area contributed by atoms with Crippen LogP contribution in [0.1, 0.15) is 11.1 Å². The van der Waals surface area contributed by atoms with Crippen LogP contribution >= 0.6 is 23.2 Å². The molecule has 0 saturated heterocycles. The van der Waals surface area contributed by atoms with E-state index in [2.05, 4.69) is 15.3 Å². The summed E-state index contributed by atoms with van der Waals surface area (Å²) in [6, 6.07) is 19.0. The molecule has 0 atom stereocenters. The molecule has 0 bridgehead atoms. The standard InChI is InChI=1S/C21H17Cl2N3O2/c22-17-7-3-14(9-18(17)23)12-28-16-5-1-13(2-6-16)11-24-15-4-8-19-20(10-15)26-21(27)25-19/h1-10,24H,11-12H2,(H2,25,26,27).